The molecule has 0 fully saturated rings. The van der Waals surface area contributed by atoms with Gasteiger partial charge in [-0.3, -0.25) is 0 Å². The maximum Gasteiger partial charge on any atom is 0.0952 e. The Morgan fingerprint density at radius 1 is 0.708 bits per heavy atom. The summed E-state index contributed by atoms with van der Waals surface area (Å²) in [5, 5.41) is 0. The average Bonchev–Trinajstić information content (AvgIpc) is 2.44. The Labute approximate surface area is 147 Å². The van der Waals surface area contributed by atoms with Gasteiger partial charge in [0.05, 0.1) is 24.4 Å². The van der Waals surface area contributed by atoms with Crippen LogP contribution in [0, 0.1) is 0 Å². The lowest BCUT2D eigenvalue weighted by molar-refractivity contribution is -0.350. The van der Waals surface area contributed by atoms with Crippen molar-refractivity contribution in [3.05, 3.63) is 35.4 Å². The van der Waals surface area contributed by atoms with Crippen molar-refractivity contribution in [3.63, 3.8) is 0 Å². The van der Waals surface area contributed by atoms with E-state index in [1.165, 1.54) is 11.1 Å². The number of hydrogen-bond donors (Lipinski definition) is 0. The lowest BCUT2D eigenvalue weighted by Gasteiger charge is -2.23. The van der Waals surface area contributed by atoms with E-state index < -0.39 is 0 Å². The van der Waals surface area contributed by atoms with Gasteiger partial charge < -0.3 is 0 Å². The lowest BCUT2D eigenvalue weighted by Crippen LogP contribution is -2.22. The van der Waals surface area contributed by atoms with Crippen LogP contribution in [0.2, 0.25) is 0 Å². The van der Waals surface area contributed by atoms with Crippen molar-refractivity contribution in [2.75, 3.05) is 13.2 Å². The predicted molar refractivity (Wildman–Crippen MR) is 96.9 cm³/mol. The van der Waals surface area contributed by atoms with E-state index in [1.807, 2.05) is 41.5 Å². The zero-order valence-electron chi connectivity index (χ0n) is 16.5. The van der Waals surface area contributed by atoms with Crippen molar-refractivity contribution in [2.24, 2.45) is 0 Å². The molecule has 0 bridgehead atoms. The van der Waals surface area contributed by atoms with E-state index in [2.05, 4.69) is 38.1 Å². The highest BCUT2D eigenvalue weighted by molar-refractivity contribution is 5.32. The van der Waals surface area contributed by atoms with E-state index in [1.54, 1.807) is 0 Å². The Morgan fingerprint density at radius 3 is 1.33 bits per heavy atom. The third kappa shape index (κ3) is 8.25. The average molecular weight is 338 g/mol. The second-order valence-corrected chi connectivity index (χ2v) is 8.39. The molecule has 24 heavy (non-hydrogen) atoms. The SMILES string of the molecule is CC(COOC(C)(C)C)c1ccccc1C(C)COOC(C)(C)C. The quantitative estimate of drug-likeness (QED) is 0.470. The third-order valence-electron chi connectivity index (χ3n) is 3.31. The highest BCUT2D eigenvalue weighted by Crippen LogP contribution is 2.27. The summed E-state index contributed by atoms with van der Waals surface area (Å²) in [6.07, 6.45) is 0. The molecule has 4 nitrogen and oxygen atoms in total. The monoisotopic (exact) mass is 338 g/mol. The minimum atomic E-state index is -0.301. The van der Waals surface area contributed by atoms with Gasteiger partial charge in [-0.15, -0.1) is 0 Å². The molecule has 0 amide bonds. The summed E-state index contributed by atoms with van der Waals surface area (Å²) >= 11 is 0. The van der Waals surface area contributed by atoms with Crippen LogP contribution in [-0.2, 0) is 19.6 Å². The van der Waals surface area contributed by atoms with Crippen LogP contribution in [0.25, 0.3) is 0 Å². The molecule has 0 saturated heterocycles. The first kappa shape index (κ1) is 21.1. The summed E-state index contributed by atoms with van der Waals surface area (Å²) in [6, 6.07) is 8.39. The molecule has 0 N–H and O–H groups in total. The normalized spacial score (nSPS) is 15.3. The first-order chi connectivity index (χ1) is 11.0. The Hall–Kier alpha value is -0.940. The van der Waals surface area contributed by atoms with E-state index in [0.29, 0.717) is 13.2 Å². The summed E-state index contributed by atoms with van der Waals surface area (Å²) in [4.78, 5) is 21.6. The number of rotatable bonds is 8. The molecular formula is C20H34O4. The van der Waals surface area contributed by atoms with Crippen LogP contribution in [0.4, 0.5) is 0 Å². The van der Waals surface area contributed by atoms with E-state index in [9.17, 15) is 0 Å². The standard InChI is InChI=1S/C20H34O4/c1-15(13-21-23-19(3,4)5)17-11-9-10-12-18(17)16(2)14-22-24-20(6,7)8/h9-12,15-16H,13-14H2,1-8H3. The summed E-state index contributed by atoms with van der Waals surface area (Å²) in [5.74, 6) is 0.462. The Kier molecular flexibility index (Phi) is 7.87. The van der Waals surface area contributed by atoms with Crippen LogP contribution in [0.5, 0.6) is 0 Å². The molecule has 1 aromatic rings. The lowest BCUT2D eigenvalue weighted by atomic mass is 9.90. The van der Waals surface area contributed by atoms with Gasteiger partial charge in [-0.25, -0.2) is 19.6 Å². The van der Waals surface area contributed by atoms with Gasteiger partial charge in [0.15, 0.2) is 0 Å². The maximum atomic E-state index is 5.42. The first-order valence-electron chi connectivity index (χ1n) is 8.69. The topological polar surface area (TPSA) is 36.9 Å². The Balaban J connectivity index is 2.66. The second-order valence-electron chi connectivity index (χ2n) is 8.39. The van der Waals surface area contributed by atoms with Crippen molar-refractivity contribution in [2.45, 2.75) is 78.4 Å². The van der Waals surface area contributed by atoms with Gasteiger partial charge in [0, 0.05) is 11.8 Å². The molecule has 0 aromatic heterocycles. The molecular weight excluding hydrogens is 304 g/mol. The van der Waals surface area contributed by atoms with Gasteiger partial charge in [-0.1, -0.05) is 38.1 Å². The zero-order valence-corrected chi connectivity index (χ0v) is 16.5. The minimum Gasteiger partial charge on any atom is -0.236 e. The molecule has 0 saturated carbocycles. The fraction of sp³-hybridized carbons (Fsp3) is 0.700. The van der Waals surface area contributed by atoms with E-state index in [4.69, 9.17) is 19.6 Å². The van der Waals surface area contributed by atoms with Crippen LogP contribution in [0.15, 0.2) is 24.3 Å². The fourth-order valence-corrected chi connectivity index (χ4v) is 2.21. The number of hydrogen-bond acceptors (Lipinski definition) is 4. The van der Waals surface area contributed by atoms with Crippen LogP contribution >= 0.6 is 0 Å². The van der Waals surface area contributed by atoms with Crippen molar-refractivity contribution >= 4 is 0 Å². The molecule has 138 valence electrons. The summed E-state index contributed by atoms with van der Waals surface area (Å²) < 4.78 is 0. The van der Waals surface area contributed by atoms with Crippen molar-refractivity contribution in [1.29, 1.82) is 0 Å². The van der Waals surface area contributed by atoms with Gasteiger partial charge in [0.1, 0.15) is 0 Å². The summed E-state index contributed by atoms with van der Waals surface area (Å²) in [6.45, 7) is 17.1. The maximum absolute atomic E-state index is 5.42. The number of benzene rings is 1. The van der Waals surface area contributed by atoms with Crippen LogP contribution in [-0.4, -0.2) is 24.4 Å². The van der Waals surface area contributed by atoms with E-state index in [-0.39, 0.29) is 23.0 Å². The molecule has 2 unspecified atom stereocenters. The molecule has 1 rings (SSSR count). The highest BCUT2D eigenvalue weighted by atomic mass is 17.2. The Morgan fingerprint density at radius 2 is 1.04 bits per heavy atom. The van der Waals surface area contributed by atoms with Gasteiger partial charge >= 0.3 is 0 Å². The van der Waals surface area contributed by atoms with Crippen molar-refractivity contribution in [1.82, 2.24) is 0 Å². The summed E-state index contributed by atoms with van der Waals surface area (Å²) in [7, 11) is 0. The van der Waals surface area contributed by atoms with Crippen LogP contribution < -0.4 is 0 Å². The molecule has 0 aliphatic heterocycles. The zero-order chi connectivity index (χ0) is 18.4. The smallest absolute Gasteiger partial charge is 0.0952 e. The van der Waals surface area contributed by atoms with Crippen molar-refractivity contribution in [3.8, 4) is 0 Å². The molecule has 4 heteroatoms. The van der Waals surface area contributed by atoms with Gasteiger partial charge in [0.25, 0.3) is 0 Å². The van der Waals surface area contributed by atoms with Gasteiger partial charge in [0.2, 0.25) is 0 Å². The van der Waals surface area contributed by atoms with Gasteiger partial charge in [-0.05, 0) is 52.7 Å². The first-order valence-corrected chi connectivity index (χ1v) is 8.69. The molecule has 2 atom stereocenters. The van der Waals surface area contributed by atoms with E-state index in [0.717, 1.165) is 0 Å². The third-order valence-corrected chi connectivity index (χ3v) is 3.31. The largest absolute Gasteiger partial charge is 0.236 e. The van der Waals surface area contributed by atoms with Gasteiger partial charge in [-0.2, -0.15) is 0 Å². The molecule has 0 aliphatic carbocycles. The minimum absolute atomic E-state index is 0.231. The highest BCUT2D eigenvalue weighted by Gasteiger charge is 2.19. The molecule has 0 heterocycles. The van der Waals surface area contributed by atoms with Crippen LogP contribution in [0.3, 0.4) is 0 Å². The molecule has 1 aromatic carbocycles. The molecule has 0 aliphatic rings. The predicted octanol–water partition coefficient (Wildman–Crippen LogP) is 5.39. The van der Waals surface area contributed by atoms with Crippen LogP contribution in [0.1, 0.15) is 78.4 Å². The fourth-order valence-electron chi connectivity index (χ4n) is 2.21. The van der Waals surface area contributed by atoms with E-state index >= 15 is 0 Å². The molecule has 0 radical (unpaired) electrons. The Bertz CT molecular complexity index is 440. The molecule has 0 spiro atoms. The van der Waals surface area contributed by atoms with Crippen molar-refractivity contribution < 1.29 is 19.6 Å². The second kappa shape index (κ2) is 8.95. The summed E-state index contributed by atoms with van der Waals surface area (Å²) in [5.41, 5.74) is 1.90.